The Kier molecular flexibility index (Phi) is 14.2. The summed E-state index contributed by atoms with van der Waals surface area (Å²) >= 11 is 3.67. The summed E-state index contributed by atoms with van der Waals surface area (Å²) < 4.78 is 44.9. The van der Waals surface area contributed by atoms with Gasteiger partial charge in [-0.3, -0.25) is 4.90 Å². The van der Waals surface area contributed by atoms with Gasteiger partial charge in [-0.15, -0.1) is 24.8 Å². The molecule has 1 saturated carbocycles. The normalized spacial score (nSPS) is 22.2. The van der Waals surface area contributed by atoms with Crippen molar-refractivity contribution in [2.45, 2.75) is 70.5 Å². The molecule has 2 aliphatic rings. The zero-order valence-electron chi connectivity index (χ0n) is 20.3. The van der Waals surface area contributed by atoms with E-state index in [2.05, 4.69) is 33.0 Å². The van der Waals surface area contributed by atoms with E-state index in [4.69, 9.17) is 4.74 Å². The molecule has 1 aliphatic heterocycles. The first-order chi connectivity index (χ1) is 15.3. The van der Waals surface area contributed by atoms with Crippen LogP contribution in [0.3, 0.4) is 0 Å². The third-order valence-electron chi connectivity index (χ3n) is 7.44. The van der Waals surface area contributed by atoms with Gasteiger partial charge in [0.2, 0.25) is 0 Å². The number of alkyl halides is 3. The van der Waals surface area contributed by atoms with Crippen molar-refractivity contribution in [3.8, 4) is 5.75 Å². The highest BCUT2D eigenvalue weighted by Gasteiger charge is 2.34. The molecular formula is C25H40BrCl2F3N2O. The van der Waals surface area contributed by atoms with Crippen LogP contribution in [-0.4, -0.2) is 61.9 Å². The number of likely N-dealkylation sites (tertiary alicyclic amines) is 1. The zero-order valence-corrected chi connectivity index (χ0v) is 23.5. The first-order valence-corrected chi connectivity index (χ1v) is 12.9. The van der Waals surface area contributed by atoms with Gasteiger partial charge in [0.1, 0.15) is 5.75 Å². The molecule has 198 valence electrons. The van der Waals surface area contributed by atoms with Crippen LogP contribution in [0.4, 0.5) is 13.2 Å². The lowest BCUT2D eigenvalue weighted by atomic mass is 9.83. The van der Waals surface area contributed by atoms with E-state index >= 15 is 0 Å². The molecule has 3 nitrogen and oxygen atoms in total. The minimum atomic E-state index is -4.10. The molecule has 1 saturated heterocycles. The topological polar surface area (TPSA) is 15.7 Å². The Hall–Kier alpha value is -0.210. The molecule has 0 spiro atoms. The Balaban J connectivity index is 0.00000289. The summed E-state index contributed by atoms with van der Waals surface area (Å²) in [6.07, 6.45) is 4.57. The number of rotatable bonds is 9. The van der Waals surface area contributed by atoms with Crippen LogP contribution >= 0.6 is 40.7 Å². The first kappa shape index (κ1) is 31.8. The quantitative estimate of drug-likeness (QED) is 0.298. The number of methoxy groups -OCH3 is 1. The maximum atomic E-state index is 12.8. The van der Waals surface area contributed by atoms with E-state index in [1.54, 1.807) is 12.0 Å². The lowest BCUT2D eigenvalue weighted by Gasteiger charge is -2.38. The summed E-state index contributed by atoms with van der Waals surface area (Å²) in [5, 5.41) is 0. The van der Waals surface area contributed by atoms with Gasteiger partial charge in [-0.1, -0.05) is 22.9 Å². The Morgan fingerprint density at radius 1 is 1.03 bits per heavy atom. The van der Waals surface area contributed by atoms with Crippen LogP contribution in [0, 0.1) is 11.8 Å². The molecule has 0 bridgehead atoms. The number of ether oxygens (including phenoxy) is 1. The van der Waals surface area contributed by atoms with Crippen LogP contribution in [0.5, 0.6) is 5.75 Å². The zero-order chi connectivity index (χ0) is 23.1. The molecule has 0 aromatic heterocycles. The second-order valence-electron chi connectivity index (χ2n) is 9.59. The van der Waals surface area contributed by atoms with E-state index in [1.807, 2.05) is 13.0 Å². The van der Waals surface area contributed by atoms with Crippen LogP contribution < -0.4 is 4.74 Å². The maximum absolute atomic E-state index is 12.8. The Bertz CT molecular complexity index is 710. The van der Waals surface area contributed by atoms with Gasteiger partial charge in [0.05, 0.1) is 13.7 Å². The van der Waals surface area contributed by atoms with Crippen LogP contribution in [0.25, 0.3) is 0 Å². The van der Waals surface area contributed by atoms with Crippen molar-refractivity contribution in [1.82, 2.24) is 9.80 Å². The average Bonchev–Trinajstić information content (AvgIpc) is 2.78. The molecule has 1 aliphatic carbocycles. The monoisotopic (exact) mass is 590 g/mol. The molecule has 0 N–H and O–H groups in total. The highest BCUT2D eigenvalue weighted by atomic mass is 79.9. The van der Waals surface area contributed by atoms with Crippen molar-refractivity contribution in [1.29, 1.82) is 0 Å². The number of halogens is 6. The van der Waals surface area contributed by atoms with E-state index < -0.39 is 12.7 Å². The van der Waals surface area contributed by atoms with E-state index in [-0.39, 0.29) is 30.9 Å². The standard InChI is InChI=1S/C25H38BrF3N2O.2ClH/c1-3-31(18-25(27,28)29)22-6-4-19(5-7-22)10-13-30-14-11-20(12-15-30)16-21-17-23(32-2)8-9-24(21)26;;/h8-9,17,19-20,22H,3-7,10-16,18H2,1-2H3;2*1H/t19-,22-;;. The summed E-state index contributed by atoms with van der Waals surface area (Å²) in [6, 6.07) is 6.30. The van der Waals surface area contributed by atoms with Gasteiger partial charge in [-0.2, -0.15) is 13.2 Å². The molecule has 0 amide bonds. The molecule has 9 heteroatoms. The molecule has 1 aromatic carbocycles. The Morgan fingerprint density at radius 3 is 2.24 bits per heavy atom. The molecular weight excluding hydrogens is 552 g/mol. The fourth-order valence-corrected chi connectivity index (χ4v) is 5.86. The molecule has 34 heavy (non-hydrogen) atoms. The van der Waals surface area contributed by atoms with Gasteiger partial charge in [0.15, 0.2) is 0 Å². The molecule has 3 rings (SSSR count). The van der Waals surface area contributed by atoms with Gasteiger partial charge in [-0.05, 0) is 113 Å². The smallest absolute Gasteiger partial charge is 0.401 e. The van der Waals surface area contributed by atoms with Crippen molar-refractivity contribution in [3.63, 3.8) is 0 Å². The highest BCUT2D eigenvalue weighted by molar-refractivity contribution is 9.10. The van der Waals surface area contributed by atoms with E-state index in [0.717, 1.165) is 62.0 Å². The Labute approximate surface area is 224 Å². The van der Waals surface area contributed by atoms with Crippen molar-refractivity contribution < 1.29 is 17.9 Å². The number of hydrogen-bond donors (Lipinski definition) is 0. The van der Waals surface area contributed by atoms with Crippen molar-refractivity contribution in [3.05, 3.63) is 28.2 Å². The highest BCUT2D eigenvalue weighted by Crippen LogP contribution is 2.32. The predicted molar refractivity (Wildman–Crippen MR) is 142 cm³/mol. The van der Waals surface area contributed by atoms with Crippen molar-refractivity contribution in [2.75, 3.05) is 39.8 Å². The van der Waals surface area contributed by atoms with Gasteiger partial charge in [0, 0.05) is 10.5 Å². The summed E-state index contributed by atoms with van der Waals surface area (Å²) in [5.41, 5.74) is 1.33. The summed E-state index contributed by atoms with van der Waals surface area (Å²) in [4.78, 5) is 4.22. The van der Waals surface area contributed by atoms with E-state index in [0.29, 0.717) is 18.4 Å². The fourth-order valence-electron chi connectivity index (χ4n) is 5.45. The van der Waals surface area contributed by atoms with Gasteiger partial charge in [-0.25, -0.2) is 0 Å². The van der Waals surface area contributed by atoms with Crippen LogP contribution in [-0.2, 0) is 6.42 Å². The molecule has 0 atom stereocenters. The van der Waals surface area contributed by atoms with Gasteiger partial charge >= 0.3 is 6.18 Å². The van der Waals surface area contributed by atoms with Gasteiger partial charge in [0.25, 0.3) is 0 Å². The largest absolute Gasteiger partial charge is 0.497 e. The number of nitrogens with zero attached hydrogens (tertiary/aromatic N) is 2. The van der Waals surface area contributed by atoms with Gasteiger partial charge < -0.3 is 9.64 Å². The van der Waals surface area contributed by atoms with Crippen LogP contribution in [0.1, 0.15) is 57.4 Å². The third kappa shape index (κ3) is 10.0. The SMILES string of the molecule is CCN(CC(F)(F)F)[C@H]1CC[C@H](CCN2CCC(Cc3cc(OC)ccc3Br)CC2)CC1.Cl.Cl. The lowest BCUT2D eigenvalue weighted by molar-refractivity contribution is -0.152. The molecule has 1 heterocycles. The predicted octanol–water partition coefficient (Wildman–Crippen LogP) is 7.39. The lowest BCUT2D eigenvalue weighted by Crippen LogP contribution is -2.43. The van der Waals surface area contributed by atoms with Crippen molar-refractivity contribution in [2.24, 2.45) is 11.8 Å². The molecule has 0 radical (unpaired) electrons. The third-order valence-corrected chi connectivity index (χ3v) is 8.22. The minimum absolute atomic E-state index is 0. The maximum Gasteiger partial charge on any atom is 0.401 e. The molecule has 0 unspecified atom stereocenters. The van der Waals surface area contributed by atoms with Crippen molar-refractivity contribution >= 4 is 40.7 Å². The summed E-state index contributed by atoms with van der Waals surface area (Å²) in [5.74, 6) is 2.29. The molecule has 1 aromatic rings. The summed E-state index contributed by atoms with van der Waals surface area (Å²) in [6.45, 7) is 4.99. The first-order valence-electron chi connectivity index (χ1n) is 12.1. The number of hydrogen-bond acceptors (Lipinski definition) is 3. The average molecular weight is 592 g/mol. The van der Waals surface area contributed by atoms with Crippen LogP contribution in [0.15, 0.2) is 22.7 Å². The van der Waals surface area contributed by atoms with Crippen LogP contribution in [0.2, 0.25) is 0 Å². The number of benzene rings is 1. The van der Waals surface area contributed by atoms with E-state index in [1.165, 1.54) is 24.8 Å². The Morgan fingerprint density at radius 2 is 1.68 bits per heavy atom. The fraction of sp³-hybridized carbons (Fsp3) is 0.760. The number of piperidine rings is 1. The summed E-state index contributed by atoms with van der Waals surface area (Å²) in [7, 11) is 1.71. The van der Waals surface area contributed by atoms with E-state index in [9.17, 15) is 13.2 Å². The molecule has 2 fully saturated rings. The second kappa shape index (κ2) is 15.1. The minimum Gasteiger partial charge on any atom is -0.497 e. The second-order valence-corrected chi connectivity index (χ2v) is 10.4.